The molecule has 1 aromatic carbocycles. The Labute approximate surface area is 104 Å². The van der Waals surface area contributed by atoms with Crippen LogP contribution in [-0.2, 0) is 6.42 Å². The molecule has 2 atom stereocenters. The second kappa shape index (κ2) is 6.50. The van der Waals surface area contributed by atoms with Gasteiger partial charge in [0.2, 0.25) is 0 Å². The topological polar surface area (TPSA) is 44.5 Å². The lowest BCUT2D eigenvalue weighted by atomic mass is 10.1. The summed E-state index contributed by atoms with van der Waals surface area (Å²) in [6.45, 7) is 6.17. The van der Waals surface area contributed by atoms with Gasteiger partial charge in [-0.2, -0.15) is 0 Å². The molecule has 1 rings (SSSR count). The Kier molecular flexibility index (Phi) is 5.29. The summed E-state index contributed by atoms with van der Waals surface area (Å²) >= 11 is 0. The molecule has 0 amide bonds. The molecule has 2 N–H and O–H groups in total. The average molecular weight is 237 g/mol. The van der Waals surface area contributed by atoms with E-state index in [0.29, 0.717) is 0 Å². The fourth-order valence-electron chi connectivity index (χ4n) is 1.59. The summed E-state index contributed by atoms with van der Waals surface area (Å²) in [4.78, 5) is 0. The quantitative estimate of drug-likeness (QED) is 0.827. The van der Waals surface area contributed by atoms with Gasteiger partial charge in [0.25, 0.3) is 0 Å². The van der Waals surface area contributed by atoms with E-state index in [2.05, 4.69) is 13.8 Å². The van der Waals surface area contributed by atoms with E-state index in [-0.39, 0.29) is 12.1 Å². The molecule has 17 heavy (non-hydrogen) atoms. The number of rotatable bonds is 6. The fourth-order valence-corrected chi connectivity index (χ4v) is 1.59. The van der Waals surface area contributed by atoms with Crippen LogP contribution in [0.15, 0.2) is 18.2 Å². The van der Waals surface area contributed by atoms with Crippen molar-refractivity contribution < 1.29 is 9.47 Å². The van der Waals surface area contributed by atoms with Gasteiger partial charge in [-0.15, -0.1) is 0 Å². The largest absolute Gasteiger partial charge is 0.497 e. The molecule has 1 aromatic rings. The van der Waals surface area contributed by atoms with Gasteiger partial charge < -0.3 is 15.2 Å². The zero-order chi connectivity index (χ0) is 12.8. The molecule has 0 aliphatic heterocycles. The molecule has 0 aromatic heterocycles. The lowest BCUT2D eigenvalue weighted by Gasteiger charge is -2.18. The summed E-state index contributed by atoms with van der Waals surface area (Å²) in [5, 5.41) is 0. The van der Waals surface area contributed by atoms with Crippen LogP contribution >= 0.6 is 0 Å². The summed E-state index contributed by atoms with van der Waals surface area (Å²) in [7, 11) is 1.66. The first kappa shape index (κ1) is 13.8. The van der Waals surface area contributed by atoms with Crippen molar-refractivity contribution in [3.8, 4) is 11.5 Å². The van der Waals surface area contributed by atoms with Crippen LogP contribution in [0.4, 0.5) is 0 Å². The Hall–Kier alpha value is -1.22. The third kappa shape index (κ3) is 4.27. The van der Waals surface area contributed by atoms with Gasteiger partial charge >= 0.3 is 0 Å². The van der Waals surface area contributed by atoms with Crippen LogP contribution in [-0.4, -0.2) is 19.3 Å². The van der Waals surface area contributed by atoms with E-state index >= 15 is 0 Å². The van der Waals surface area contributed by atoms with Crippen molar-refractivity contribution in [1.82, 2.24) is 0 Å². The molecule has 0 radical (unpaired) electrons. The molecular weight excluding hydrogens is 214 g/mol. The van der Waals surface area contributed by atoms with Crippen molar-refractivity contribution in [2.24, 2.45) is 5.73 Å². The zero-order valence-electron chi connectivity index (χ0n) is 11.2. The van der Waals surface area contributed by atoms with Crippen molar-refractivity contribution in [3.05, 3.63) is 23.8 Å². The molecular formula is C14H23NO2. The van der Waals surface area contributed by atoms with Gasteiger partial charge in [0, 0.05) is 12.1 Å². The Morgan fingerprint density at radius 2 is 2.00 bits per heavy atom. The van der Waals surface area contributed by atoms with Crippen molar-refractivity contribution >= 4 is 0 Å². The normalized spacial score (nSPS) is 14.2. The molecule has 0 fully saturated rings. The van der Waals surface area contributed by atoms with Gasteiger partial charge in [0.15, 0.2) is 0 Å². The highest BCUT2D eigenvalue weighted by Gasteiger charge is 2.10. The smallest absolute Gasteiger partial charge is 0.126 e. The average Bonchev–Trinajstić information content (AvgIpc) is 2.30. The lowest BCUT2D eigenvalue weighted by Crippen LogP contribution is -2.19. The minimum absolute atomic E-state index is 0.127. The van der Waals surface area contributed by atoms with Gasteiger partial charge in [-0.05, 0) is 38.3 Å². The predicted molar refractivity (Wildman–Crippen MR) is 70.7 cm³/mol. The highest BCUT2D eigenvalue weighted by atomic mass is 16.5. The van der Waals surface area contributed by atoms with E-state index in [0.717, 1.165) is 29.9 Å². The Bertz CT molecular complexity index is 350. The molecule has 2 unspecified atom stereocenters. The minimum Gasteiger partial charge on any atom is -0.497 e. The first-order chi connectivity index (χ1) is 8.06. The summed E-state index contributed by atoms with van der Waals surface area (Å²) in [5.41, 5.74) is 6.98. The van der Waals surface area contributed by atoms with Crippen molar-refractivity contribution in [3.63, 3.8) is 0 Å². The number of benzene rings is 1. The van der Waals surface area contributed by atoms with E-state index in [4.69, 9.17) is 15.2 Å². The molecule has 0 bridgehead atoms. The third-order valence-corrected chi connectivity index (χ3v) is 2.72. The molecule has 0 saturated heterocycles. The minimum atomic E-state index is 0.127. The van der Waals surface area contributed by atoms with E-state index < -0.39 is 0 Å². The van der Waals surface area contributed by atoms with Crippen molar-refractivity contribution in [1.29, 1.82) is 0 Å². The van der Waals surface area contributed by atoms with E-state index in [1.165, 1.54) is 0 Å². The summed E-state index contributed by atoms with van der Waals surface area (Å²) < 4.78 is 11.1. The molecule has 3 heteroatoms. The van der Waals surface area contributed by atoms with Gasteiger partial charge in [0.1, 0.15) is 11.5 Å². The maximum absolute atomic E-state index is 5.90. The molecule has 3 nitrogen and oxygen atoms in total. The van der Waals surface area contributed by atoms with Gasteiger partial charge in [-0.1, -0.05) is 13.0 Å². The van der Waals surface area contributed by atoms with Gasteiger partial charge in [-0.25, -0.2) is 0 Å². The highest BCUT2D eigenvalue weighted by molar-refractivity contribution is 5.41. The maximum Gasteiger partial charge on any atom is 0.126 e. The van der Waals surface area contributed by atoms with Crippen LogP contribution < -0.4 is 15.2 Å². The van der Waals surface area contributed by atoms with Crippen molar-refractivity contribution in [2.75, 3.05) is 7.11 Å². The van der Waals surface area contributed by atoms with Gasteiger partial charge in [0.05, 0.1) is 13.2 Å². The Balaban J connectivity index is 2.94. The highest BCUT2D eigenvalue weighted by Crippen LogP contribution is 2.27. The second-order valence-electron chi connectivity index (χ2n) is 4.49. The lowest BCUT2D eigenvalue weighted by molar-refractivity contribution is 0.214. The predicted octanol–water partition coefficient (Wildman–Crippen LogP) is 2.76. The zero-order valence-corrected chi connectivity index (χ0v) is 11.2. The van der Waals surface area contributed by atoms with Crippen LogP contribution in [0.1, 0.15) is 32.8 Å². The molecule has 96 valence electrons. The summed E-state index contributed by atoms with van der Waals surface area (Å²) in [6, 6.07) is 6.04. The SMILES string of the molecule is CCC(C)Oc1cc(OC)ccc1CC(C)N. The fraction of sp³-hybridized carbons (Fsp3) is 0.571. The monoisotopic (exact) mass is 237 g/mol. The molecule has 0 spiro atoms. The van der Waals surface area contributed by atoms with E-state index in [1.807, 2.05) is 25.1 Å². The third-order valence-electron chi connectivity index (χ3n) is 2.72. The number of hydrogen-bond acceptors (Lipinski definition) is 3. The van der Waals surface area contributed by atoms with Crippen LogP contribution in [0.3, 0.4) is 0 Å². The number of nitrogens with two attached hydrogens (primary N) is 1. The molecule has 0 heterocycles. The Morgan fingerprint density at radius 1 is 1.29 bits per heavy atom. The maximum atomic E-state index is 5.90. The first-order valence-electron chi connectivity index (χ1n) is 6.16. The van der Waals surface area contributed by atoms with E-state index in [1.54, 1.807) is 7.11 Å². The first-order valence-corrected chi connectivity index (χ1v) is 6.16. The van der Waals surface area contributed by atoms with E-state index in [9.17, 15) is 0 Å². The van der Waals surface area contributed by atoms with Crippen LogP contribution in [0, 0.1) is 0 Å². The molecule has 0 aliphatic rings. The number of ether oxygens (including phenoxy) is 2. The molecule has 0 saturated carbocycles. The number of methoxy groups -OCH3 is 1. The standard InChI is InChI=1S/C14H23NO2/c1-5-11(3)17-14-9-13(16-4)7-6-12(14)8-10(2)15/h6-7,9-11H,5,8,15H2,1-4H3. The summed E-state index contributed by atoms with van der Waals surface area (Å²) in [6.07, 6.45) is 2.00. The van der Waals surface area contributed by atoms with Gasteiger partial charge in [-0.3, -0.25) is 0 Å². The van der Waals surface area contributed by atoms with Crippen LogP contribution in [0.25, 0.3) is 0 Å². The number of hydrogen-bond donors (Lipinski definition) is 1. The van der Waals surface area contributed by atoms with Crippen LogP contribution in [0.2, 0.25) is 0 Å². The van der Waals surface area contributed by atoms with Crippen molar-refractivity contribution in [2.45, 2.75) is 45.8 Å². The Morgan fingerprint density at radius 3 is 2.53 bits per heavy atom. The second-order valence-corrected chi connectivity index (χ2v) is 4.49. The van der Waals surface area contributed by atoms with Crippen LogP contribution in [0.5, 0.6) is 11.5 Å². The summed E-state index contributed by atoms with van der Waals surface area (Å²) in [5.74, 6) is 1.70. The molecule has 0 aliphatic carbocycles.